The van der Waals surface area contributed by atoms with Gasteiger partial charge in [0.15, 0.2) is 0 Å². The molecule has 0 amide bonds. The molecule has 0 aromatic rings. The van der Waals surface area contributed by atoms with Crippen molar-refractivity contribution in [2.75, 3.05) is 0 Å². The summed E-state index contributed by atoms with van der Waals surface area (Å²) in [6, 6.07) is 0. The maximum atomic E-state index is 12.2. The second-order valence-electron chi connectivity index (χ2n) is 2.71. The molecule has 0 heterocycles. The predicted molar refractivity (Wildman–Crippen MR) is 48.1 cm³/mol. The van der Waals surface area contributed by atoms with Crippen molar-refractivity contribution in [3.05, 3.63) is 23.6 Å². The third-order valence-electron chi connectivity index (χ3n) is 1.87. The zero-order valence-corrected chi connectivity index (χ0v) is 7.65. The molecular formula is C10H17F. The molecule has 0 aliphatic rings. The molecule has 0 aromatic heterocycles. The first-order valence-corrected chi connectivity index (χ1v) is 4.18. The molecule has 0 aliphatic carbocycles. The Balaban J connectivity index is 3.98. The molecule has 0 radical (unpaired) electrons. The highest BCUT2D eigenvalue weighted by molar-refractivity contribution is 5.26. The summed E-state index contributed by atoms with van der Waals surface area (Å²) < 4.78 is 12.2. The third-order valence-corrected chi connectivity index (χ3v) is 1.87. The van der Waals surface area contributed by atoms with Crippen LogP contribution in [0.15, 0.2) is 23.6 Å². The highest BCUT2D eigenvalue weighted by Gasteiger charge is 1.97. The Labute approximate surface area is 68.8 Å². The van der Waals surface area contributed by atoms with E-state index in [0.717, 1.165) is 36.7 Å². The van der Waals surface area contributed by atoms with Crippen molar-refractivity contribution < 1.29 is 4.39 Å². The van der Waals surface area contributed by atoms with Gasteiger partial charge in [-0.1, -0.05) is 19.4 Å². The molecule has 64 valence electrons. The zero-order valence-electron chi connectivity index (χ0n) is 7.65. The lowest BCUT2D eigenvalue weighted by Crippen LogP contribution is -1.84. The van der Waals surface area contributed by atoms with Crippen LogP contribution in [0.5, 0.6) is 0 Å². The van der Waals surface area contributed by atoms with Gasteiger partial charge in [0.25, 0.3) is 0 Å². The van der Waals surface area contributed by atoms with Gasteiger partial charge in [0.1, 0.15) is 0 Å². The van der Waals surface area contributed by atoms with E-state index in [2.05, 4.69) is 6.92 Å². The Bertz CT molecular complexity index is 154. The Kier molecular flexibility index (Phi) is 5.81. The Morgan fingerprint density at radius 2 is 2.09 bits per heavy atom. The molecule has 0 spiro atoms. The van der Waals surface area contributed by atoms with E-state index in [9.17, 15) is 4.39 Å². The fraction of sp³-hybridized carbons (Fsp3) is 0.600. The van der Waals surface area contributed by atoms with Gasteiger partial charge in [0, 0.05) is 0 Å². The van der Waals surface area contributed by atoms with Crippen molar-refractivity contribution in [3.8, 4) is 0 Å². The summed E-state index contributed by atoms with van der Waals surface area (Å²) in [5.41, 5.74) is 1.90. The maximum Gasteiger partial charge on any atom is 0.0901 e. The van der Waals surface area contributed by atoms with Gasteiger partial charge in [-0.2, -0.15) is 0 Å². The Morgan fingerprint density at radius 1 is 1.45 bits per heavy atom. The first-order chi connectivity index (χ1) is 5.26. The summed E-state index contributed by atoms with van der Waals surface area (Å²) in [6.45, 7) is 5.99. The number of unbranched alkanes of at least 4 members (excludes halogenated alkanes) is 1. The number of allylic oxidation sites excluding steroid dienone is 3. The molecule has 0 aromatic carbocycles. The Hall–Kier alpha value is -0.590. The van der Waals surface area contributed by atoms with E-state index in [1.807, 2.05) is 19.9 Å². The predicted octanol–water partition coefficient (Wildman–Crippen LogP) is 4.00. The number of hydrogen-bond donors (Lipinski definition) is 0. The molecule has 0 unspecified atom stereocenters. The fourth-order valence-corrected chi connectivity index (χ4v) is 0.890. The van der Waals surface area contributed by atoms with E-state index in [1.165, 1.54) is 0 Å². The highest BCUT2D eigenvalue weighted by atomic mass is 19.1. The molecule has 0 N–H and O–H groups in total. The van der Waals surface area contributed by atoms with Crippen LogP contribution in [0.25, 0.3) is 0 Å². The van der Waals surface area contributed by atoms with E-state index in [1.54, 1.807) is 0 Å². The van der Waals surface area contributed by atoms with Gasteiger partial charge in [0.2, 0.25) is 0 Å². The van der Waals surface area contributed by atoms with Crippen molar-refractivity contribution in [3.63, 3.8) is 0 Å². The minimum Gasteiger partial charge on any atom is -0.215 e. The molecule has 1 heteroatoms. The normalized spacial score (nSPS) is 13.8. The molecular weight excluding hydrogens is 139 g/mol. The first-order valence-electron chi connectivity index (χ1n) is 4.18. The van der Waals surface area contributed by atoms with Crippen molar-refractivity contribution in [2.45, 2.75) is 40.0 Å². The fourth-order valence-electron chi connectivity index (χ4n) is 0.890. The Morgan fingerprint density at radius 3 is 2.45 bits per heavy atom. The molecule has 0 aliphatic heterocycles. The monoisotopic (exact) mass is 156 g/mol. The van der Waals surface area contributed by atoms with Gasteiger partial charge < -0.3 is 0 Å². The average Bonchev–Trinajstić information content (AvgIpc) is 2.05. The molecule has 0 saturated heterocycles. The van der Waals surface area contributed by atoms with Crippen LogP contribution in [0, 0.1) is 0 Å². The summed E-state index contributed by atoms with van der Waals surface area (Å²) in [4.78, 5) is 0. The zero-order chi connectivity index (χ0) is 8.69. The van der Waals surface area contributed by atoms with Gasteiger partial charge in [0.05, 0.1) is 6.33 Å². The van der Waals surface area contributed by atoms with Crippen LogP contribution in [0.3, 0.4) is 0 Å². The maximum absolute atomic E-state index is 12.2. The topological polar surface area (TPSA) is 0 Å². The number of hydrogen-bond acceptors (Lipinski definition) is 0. The molecule has 0 rings (SSSR count). The van der Waals surface area contributed by atoms with E-state index in [0.29, 0.717) is 0 Å². The van der Waals surface area contributed by atoms with Crippen molar-refractivity contribution >= 4 is 0 Å². The standard InChI is InChI=1S/C10H17F/c1-4-6-7-10(8-11)9(3)5-2/h5,8H,4,6-7H2,1-3H3/b9-5-,10-8-. The summed E-state index contributed by atoms with van der Waals surface area (Å²) in [7, 11) is 0. The van der Waals surface area contributed by atoms with Crippen molar-refractivity contribution in [1.82, 2.24) is 0 Å². The van der Waals surface area contributed by atoms with Crippen LogP contribution in [-0.2, 0) is 0 Å². The molecule has 0 atom stereocenters. The summed E-state index contributed by atoms with van der Waals surface area (Å²) in [5, 5.41) is 0. The van der Waals surface area contributed by atoms with E-state index < -0.39 is 0 Å². The average molecular weight is 156 g/mol. The van der Waals surface area contributed by atoms with Gasteiger partial charge in [-0.15, -0.1) is 0 Å². The first kappa shape index (κ1) is 10.4. The summed E-state index contributed by atoms with van der Waals surface area (Å²) >= 11 is 0. The molecule has 0 bridgehead atoms. The molecule has 11 heavy (non-hydrogen) atoms. The van der Waals surface area contributed by atoms with Gasteiger partial charge in [-0.05, 0) is 37.8 Å². The van der Waals surface area contributed by atoms with E-state index in [-0.39, 0.29) is 0 Å². The minimum absolute atomic E-state index is 0.727. The SMILES string of the molecule is C/C=C(C)\C(=C/F)CCCC. The van der Waals surface area contributed by atoms with Gasteiger partial charge in [-0.3, -0.25) is 0 Å². The van der Waals surface area contributed by atoms with E-state index >= 15 is 0 Å². The smallest absolute Gasteiger partial charge is 0.0901 e. The number of rotatable bonds is 4. The highest BCUT2D eigenvalue weighted by Crippen LogP contribution is 2.16. The lowest BCUT2D eigenvalue weighted by atomic mass is 10.0. The van der Waals surface area contributed by atoms with Gasteiger partial charge >= 0.3 is 0 Å². The van der Waals surface area contributed by atoms with Crippen molar-refractivity contribution in [1.29, 1.82) is 0 Å². The largest absolute Gasteiger partial charge is 0.215 e. The van der Waals surface area contributed by atoms with Crippen LogP contribution in [0.1, 0.15) is 40.0 Å². The van der Waals surface area contributed by atoms with Crippen LogP contribution < -0.4 is 0 Å². The van der Waals surface area contributed by atoms with E-state index in [4.69, 9.17) is 0 Å². The molecule has 0 saturated carbocycles. The van der Waals surface area contributed by atoms with Crippen LogP contribution in [0.4, 0.5) is 4.39 Å². The van der Waals surface area contributed by atoms with Crippen LogP contribution >= 0.6 is 0 Å². The number of halogens is 1. The second kappa shape index (κ2) is 6.14. The summed E-state index contributed by atoms with van der Waals surface area (Å²) in [5.74, 6) is 0. The lowest BCUT2D eigenvalue weighted by molar-refractivity contribution is 0.689. The minimum atomic E-state index is 0.727. The van der Waals surface area contributed by atoms with Gasteiger partial charge in [-0.25, -0.2) is 4.39 Å². The van der Waals surface area contributed by atoms with Crippen LogP contribution in [-0.4, -0.2) is 0 Å². The third kappa shape index (κ3) is 3.97. The van der Waals surface area contributed by atoms with Crippen molar-refractivity contribution in [2.24, 2.45) is 0 Å². The summed E-state index contributed by atoms with van der Waals surface area (Å²) in [6.07, 6.45) is 5.73. The molecule has 0 fully saturated rings. The lowest BCUT2D eigenvalue weighted by Gasteiger charge is -2.03. The van der Waals surface area contributed by atoms with Crippen LogP contribution in [0.2, 0.25) is 0 Å². The molecule has 0 nitrogen and oxygen atoms in total. The second-order valence-corrected chi connectivity index (χ2v) is 2.71. The quantitative estimate of drug-likeness (QED) is 0.540.